The van der Waals surface area contributed by atoms with Gasteiger partial charge in [-0.3, -0.25) is 0 Å². The number of rotatable bonds is 3. The Kier molecular flexibility index (Phi) is 3.98. The number of anilines is 1. The fraction of sp³-hybridized carbons (Fsp3) is 0.0556. The predicted molar refractivity (Wildman–Crippen MR) is 92.3 cm³/mol. The number of fused-ring (bicyclic) bond motifs is 1. The molecule has 0 amide bonds. The number of ether oxygens (including phenoxy) is 1. The van der Waals surface area contributed by atoms with Crippen LogP contribution in [-0.4, -0.2) is 14.5 Å². The van der Waals surface area contributed by atoms with Gasteiger partial charge in [0.15, 0.2) is 10.7 Å². The summed E-state index contributed by atoms with van der Waals surface area (Å²) in [6.45, 7) is 0.524. The van der Waals surface area contributed by atoms with Crippen molar-refractivity contribution < 1.29 is 9.29 Å². The molecule has 0 radical (unpaired) electrons. The average molecular weight is 348 g/mol. The van der Waals surface area contributed by atoms with E-state index in [0.29, 0.717) is 23.7 Å². The summed E-state index contributed by atoms with van der Waals surface area (Å²) in [6, 6.07) is 18.2. The van der Waals surface area contributed by atoms with E-state index in [1.807, 2.05) is 24.3 Å². The molecule has 1 aromatic heterocycles. The first kappa shape index (κ1) is 15.4. The molecule has 3 aromatic rings. The molecule has 2 aromatic carbocycles. The van der Waals surface area contributed by atoms with Crippen LogP contribution in [0.1, 0.15) is 11.1 Å². The largest absolute Gasteiger partial charge is 0.588 e. The van der Waals surface area contributed by atoms with Gasteiger partial charge in [-0.2, -0.15) is 14.6 Å². The first-order valence-corrected chi connectivity index (χ1v) is 8.64. The molecule has 0 spiro atoms. The van der Waals surface area contributed by atoms with Crippen molar-refractivity contribution >= 4 is 17.2 Å². The highest BCUT2D eigenvalue weighted by Crippen LogP contribution is 2.33. The summed E-state index contributed by atoms with van der Waals surface area (Å²) in [5.41, 5.74) is 1.57. The molecule has 2 heterocycles. The monoisotopic (exact) mass is 348 g/mol. The molecule has 25 heavy (non-hydrogen) atoms. The third kappa shape index (κ3) is 3.01. The van der Waals surface area contributed by atoms with Crippen molar-refractivity contribution in [2.45, 2.75) is 11.4 Å². The SMILES string of the molecule is N#Cc1ccc(Oc2nccc(N3Cc4ccccc4[S+]3[O-])n2)cc1. The zero-order valence-corrected chi connectivity index (χ0v) is 13.8. The van der Waals surface area contributed by atoms with E-state index in [4.69, 9.17) is 10.00 Å². The van der Waals surface area contributed by atoms with Gasteiger partial charge in [0.2, 0.25) is 0 Å². The Labute approximate surface area is 147 Å². The van der Waals surface area contributed by atoms with Crippen LogP contribution in [0, 0.1) is 11.3 Å². The standard InChI is InChI=1S/C18H12N4O2S/c19-11-13-5-7-15(8-6-13)24-18-20-10-9-17(21-18)22-12-14-3-1-2-4-16(14)25(22)23/h1-10H,12H2. The molecule has 0 saturated heterocycles. The summed E-state index contributed by atoms with van der Waals surface area (Å²) >= 11 is -1.29. The van der Waals surface area contributed by atoms with Crippen LogP contribution in [0.25, 0.3) is 0 Å². The van der Waals surface area contributed by atoms with E-state index in [1.54, 1.807) is 40.8 Å². The maximum Gasteiger partial charge on any atom is 0.324 e. The first-order valence-electron chi connectivity index (χ1n) is 7.53. The lowest BCUT2D eigenvalue weighted by Gasteiger charge is -2.17. The van der Waals surface area contributed by atoms with Crippen LogP contribution in [-0.2, 0) is 17.9 Å². The van der Waals surface area contributed by atoms with Crippen molar-refractivity contribution in [3.63, 3.8) is 0 Å². The van der Waals surface area contributed by atoms with Crippen molar-refractivity contribution in [3.05, 3.63) is 71.9 Å². The molecule has 7 heteroatoms. The van der Waals surface area contributed by atoms with Crippen LogP contribution in [0.2, 0.25) is 0 Å². The van der Waals surface area contributed by atoms with Crippen LogP contribution in [0.15, 0.2) is 65.7 Å². The molecular formula is C18H12N4O2S. The Hall–Kier alpha value is -3.08. The fourth-order valence-electron chi connectivity index (χ4n) is 2.53. The van der Waals surface area contributed by atoms with Gasteiger partial charge in [-0.05, 0) is 30.3 Å². The van der Waals surface area contributed by atoms with Gasteiger partial charge >= 0.3 is 6.01 Å². The smallest absolute Gasteiger partial charge is 0.324 e. The van der Waals surface area contributed by atoms with Crippen LogP contribution in [0.3, 0.4) is 0 Å². The first-order chi connectivity index (χ1) is 12.2. The van der Waals surface area contributed by atoms with Gasteiger partial charge in [-0.1, -0.05) is 18.2 Å². The average Bonchev–Trinajstić information content (AvgIpc) is 3.00. The highest BCUT2D eigenvalue weighted by Gasteiger charge is 2.35. The Morgan fingerprint density at radius 3 is 2.68 bits per heavy atom. The zero-order valence-electron chi connectivity index (χ0n) is 13.0. The van der Waals surface area contributed by atoms with Gasteiger partial charge in [0.05, 0.1) is 18.2 Å². The van der Waals surface area contributed by atoms with E-state index < -0.39 is 11.4 Å². The maximum absolute atomic E-state index is 12.6. The molecule has 6 nitrogen and oxygen atoms in total. The Morgan fingerprint density at radius 1 is 1.12 bits per heavy atom. The Morgan fingerprint density at radius 2 is 1.92 bits per heavy atom. The number of nitrogens with zero attached hydrogens (tertiary/aromatic N) is 4. The van der Waals surface area contributed by atoms with Gasteiger partial charge in [0.25, 0.3) is 0 Å². The lowest BCUT2D eigenvalue weighted by atomic mass is 10.2. The molecule has 0 aliphatic carbocycles. The quantitative estimate of drug-likeness (QED) is 0.676. The number of hydrogen-bond acceptors (Lipinski definition) is 6. The van der Waals surface area contributed by atoms with Crippen LogP contribution >= 0.6 is 0 Å². The Balaban J connectivity index is 1.57. The molecule has 0 fully saturated rings. The van der Waals surface area contributed by atoms with Crippen LogP contribution in [0.5, 0.6) is 11.8 Å². The number of hydrogen-bond donors (Lipinski definition) is 0. The highest BCUT2D eigenvalue weighted by molar-refractivity contribution is 7.93. The van der Waals surface area contributed by atoms with Crippen LogP contribution < -0.4 is 9.04 Å². The molecule has 1 atom stereocenters. The second-order valence-corrected chi connectivity index (χ2v) is 6.71. The second kappa shape index (κ2) is 6.43. The van der Waals surface area contributed by atoms with E-state index in [0.717, 1.165) is 10.5 Å². The minimum absolute atomic E-state index is 0.162. The van der Waals surface area contributed by atoms with Crippen LogP contribution in [0.4, 0.5) is 5.82 Å². The molecule has 1 aliphatic heterocycles. The summed E-state index contributed by atoms with van der Waals surface area (Å²) in [5, 5.41) is 8.83. The summed E-state index contributed by atoms with van der Waals surface area (Å²) in [5.74, 6) is 1.06. The molecular weight excluding hydrogens is 336 g/mol. The van der Waals surface area contributed by atoms with Crippen molar-refractivity contribution in [2.75, 3.05) is 4.31 Å². The van der Waals surface area contributed by atoms with Gasteiger partial charge in [0, 0.05) is 17.8 Å². The second-order valence-electron chi connectivity index (χ2n) is 5.33. The summed E-state index contributed by atoms with van der Waals surface area (Å²) in [4.78, 5) is 9.26. The normalized spacial score (nSPS) is 15.5. The molecule has 0 N–H and O–H groups in total. The summed E-state index contributed by atoms with van der Waals surface area (Å²) < 4.78 is 20.0. The third-order valence-electron chi connectivity index (χ3n) is 3.74. The predicted octanol–water partition coefficient (Wildman–Crippen LogP) is 3.18. The highest BCUT2D eigenvalue weighted by atomic mass is 32.2. The molecule has 1 unspecified atom stereocenters. The minimum Gasteiger partial charge on any atom is -0.588 e. The number of aromatic nitrogens is 2. The van der Waals surface area contributed by atoms with Crippen molar-refractivity contribution in [1.82, 2.24) is 9.97 Å². The van der Waals surface area contributed by atoms with Gasteiger partial charge in [-0.25, -0.2) is 4.98 Å². The lowest BCUT2D eigenvalue weighted by Crippen LogP contribution is -2.24. The van der Waals surface area contributed by atoms with E-state index >= 15 is 0 Å². The van der Waals surface area contributed by atoms with Gasteiger partial charge in [-0.15, -0.1) is 0 Å². The van der Waals surface area contributed by atoms with Crippen molar-refractivity contribution in [2.24, 2.45) is 0 Å². The molecule has 4 rings (SSSR count). The van der Waals surface area contributed by atoms with E-state index in [9.17, 15) is 4.55 Å². The van der Waals surface area contributed by atoms with E-state index in [1.165, 1.54) is 0 Å². The molecule has 0 saturated carbocycles. The van der Waals surface area contributed by atoms with Gasteiger partial charge < -0.3 is 9.29 Å². The topological polar surface area (TPSA) is 85.1 Å². The zero-order chi connectivity index (χ0) is 17.2. The summed E-state index contributed by atoms with van der Waals surface area (Å²) in [6.07, 6.45) is 1.57. The van der Waals surface area contributed by atoms with E-state index in [-0.39, 0.29) is 6.01 Å². The molecule has 122 valence electrons. The number of benzene rings is 2. The lowest BCUT2D eigenvalue weighted by molar-refractivity contribution is 0.442. The minimum atomic E-state index is -1.29. The van der Waals surface area contributed by atoms with E-state index in [2.05, 4.69) is 16.0 Å². The third-order valence-corrected chi connectivity index (χ3v) is 5.23. The van der Waals surface area contributed by atoms with Crippen molar-refractivity contribution in [3.8, 4) is 17.8 Å². The molecule has 0 bridgehead atoms. The molecule has 1 aliphatic rings. The van der Waals surface area contributed by atoms with Crippen molar-refractivity contribution in [1.29, 1.82) is 5.26 Å². The Bertz CT molecular complexity index is 956. The van der Waals surface area contributed by atoms with Gasteiger partial charge in [0.1, 0.15) is 17.1 Å². The fourth-order valence-corrected chi connectivity index (χ4v) is 3.84. The number of nitriles is 1. The maximum atomic E-state index is 12.6. The summed E-state index contributed by atoms with van der Waals surface area (Å²) in [7, 11) is 0.